The number of sulfonamides is 1. The van der Waals surface area contributed by atoms with E-state index in [1.54, 1.807) is 35.4 Å². The van der Waals surface area contributed by atoms with Gasteiger partial charge in [-0.15, -0.1) is 0 Å². The number of alkyl halides is 2. The Kier molecular flexibility index (Phi) is 8.31. The largest absolute Gasteiger partial charge is 0.456 e. The van der Waals surface area contributed by atoms with Crippen molar-refractivity contribution in [2.75, 3.05) is 31.8 Å². The van der Waals surface area contributed by atoms with Gasteiger partial charge in [-0.25, -0.2) is 21.9 Å². The molecule has 3 aromatic carbocycles. The number of H-pyrrole nitrogens is 1. The van der Waals surface area contributed by atoms with E-state index in [4.69, 9.17) is 4.74 Å². The molecule has 2 heterocycles. The number of para-hydroxylation sites is 1. The summed E-state index contributed by atoms with van der Waals surface area (Å²) in [6.07, 6.45) is 2.04. The zero-order chi connectivity index (χ0) is 29.9. The molecular weight excluding hydrogens is 574 g/mol. The quantitative estimate of drug-likeness (QED) is 0.170. The summed E-state index contributed by atoms with van der Waals surface area (Å²) in [5.74, 6) is -0.535. The Bertz CT molecular complexity index is 1730. The summed E-state index contributed by atoms with van der Waals surface area (Å²) in [5.41, 5.74) is 0.125. The van der Waals surface area contributed by atoms with Crippen molar-refractivity contribution in [2.24, 2.45) is 0 Å². The van der Waals surface area contributed by atoms with Crippen LogP contribution in [0.4, 0.5) is 20.2 Å². The van der Waals surface area contributed by atoms with Crippen LogP contribution in [0.15, 0.2) is 71.8 Å². The topological polar surface area (TPSA) is 160 Å². The van der Waals surface area contributed by atoms with E-state index < -0.39 is 50.8 Å². The number of nitro benzene ring substituents is 1. The van der Waals surface area contributed by atoms with Crippen molar-refractivity contribution >= 4 is 38.2 Å². The van der Waals surface area contributed by atoms with E-state index in [1.807, 2.05) is 4.72 Å². The van der Waals surface area contributed by atoms with Crippen LogP contribution in [0.2, 0.25) is 0 Å². The molecular formula is C27H26F2N6O6S. The number of carbonyl (C=O) groups is 1. The lowest BCUT2D eigenvalue weighted by Gasteiger charge is -2.23. The number of nitrogens with zero attached hydrogens (tertiary/aromatic N) is 3. The van der Waals surface area contributed by atoms with Crippen LogP contribution in [0, 0.1) is 10.1 Å². The van der Waals surface area contributed by atoms with E-state index in [0.717, 1.165) is 12.1 Å². The van der Waals surface area contributed by atoms with Crippen molar-refractivity contribution in [3.05, 3.63) is 82.5 Å². The van der Waals surface area contributed by atoms with E-state index in [2.05, 4.69) is 15.5 Å². The highest BCUT2D eigenvalue weighted by Gasteiger charge is 2.31. The summed E-state index contributed by atoms with van der Waals surface area (Å²) in [6, 6.07) is 13.2. The molecule has 42 heavy (non-hydrogen) atoms. The van der Waals surface area contributed by atoms with Gasteiger partial charge < -0.3 is 10.1 Å². The first-order chi connectivity index (χ1) is 20.2. The summed E-state index contributed by atoms with van der Waals surface area (Å²) in [7, 11) is -4.54. The number of likely N-dealkylation sites (tertiary alicyclic amines) is 1. The molecule has 5 rings (SSSR count). The van der Waals surface area contributed by atoms with Crippen LogP contribution in [-0.2, 0) is 10.0 Å². The molecule has 0 unspecified atom stereocenters. The van der Waals surface area contributed by atoms with Gasteiger partial charge in [0.25, 0.3) is 21.6 Å². The summed E-state index contributed by atoms with van der Waals surface area (Å²) >= 11 is 0. The molecule has 1 atom stereocenters. The maximum atomic E-state index is 13.1. The predicted molar refractivity (Wildman–Crippen MR) is 150 cm³/mol. The molecule has 1 amide bonds. The smallest absolute Gasteiger partial charge is 0.293 e. The Morgan fingerprint density at radius 1 is 1.14 bits per heavy atom. The molecule has 1 aliphatic heterocycles. The number of hydrogen-bond donors (Lipinski definition) is 3. The molecule has 0 bridgehead atoms. The Balaban J connectivity index is 1.34. The number of benzene rings is 3. The number of aromatic amines is 1. The molecule has 0 aliphatic carbocycles. The monoisotopic (exact) mass is 600 g/mol. The minimum absolute atomic E-state index is 0.0429. The minimum Gasteiger partial charge on any atom is -0.456 e. The van der Waals surface area contributed by atoms with Crippen LogP contribution >= 0.6 is 0 Å². The van der Waals surface area contributed by atoms with Crippen molar-refractivity contribution < 1.29 is 31.7 Å². The van der Waals surface area contributed by atoms with Crippen LogP contribution in [0.5, 0.6) is 11.5 Å². The van der Waals surface area contributed by atoms with Gasteiger partial charge in [0, 0.05) is 25.2 Å². The number of ether oxygens (including phenoxy) is 1. The molecule has 12 nitrogen and oxygen atoms in total. The lowest BCUT2D eigenvalue weighted by molar-refractivity contribution is -0.384. The second kappa shape index (κ2) is 12.1. The molecule has 0 saturated carbocycles. The first-order valence-electron chi connectivity index (χ1n) is 12.9. The number of rotatable bonds is 11. The SMILES string of the molecule is O=C(NS(=O)(=O)c1ccc(N[C@@H]2CCN(C(CF)CF)C2)c([N+](=O)[O-])c1)c1ccccc1Oc1cccc2[nH]ncc12. The fourth-order valence-corrected chi connectivity index (χ4v) is 5.76. The third-order valence-corrected chi connectivity index (χ3v) is 8.28. The molecule has 3 N–H and O–H groups in total. The molecule has 1 aromatic heterocycles. The van der Waals surface area contributed by atoms with E-state index >= 15 is 0 Å². The number of amides is 1. The molecule has 220 valence electrons. The summed E-state index contributed by atoms with van der Waals surface area (Å²) in [6.45, 7) is -1.02. The van der Waals surface area contributed by atoms with Crippen molar-refractivity contribution in [3.8, 4) is 11.5 Å². The van der Waals surface area contributed by atoms with Gasteiger partial charge in [0.05, 0.1) is 38.5 Å². The maximum Gasteiger partial charge on any atom is 0.293 e. The van der Waals surface area contributed by atoms with Crippen LogP contribution in [0.3, 0.4) is 0 Å². The normalized spacial score (nSPS) is 15.6. The second-order valence-corrected chi connectivity index (χ2v) is 11.3. The average Bonchev–Trinajstić information content (AvgIpc) is 3.64. The Morgan fingerprint density at radius 3 is 2.67 bits per heavy atom. The Hall–Kier alpha value is -4.63. The molecule has 0 radical (unpaired) electrons. The molecule has 1 aliphatic rings. The van der Waals surface area contributed by atoms with Gasteiger partial charge in [0.15, 0.2) is 0 Å². The number of halogens is 2. The van der Waals surface area contributed by atoms with Crippen LogP contribution in [0.1, 0.15) is 16.8 Å². The van der Waals surface area contributed by atoms with Crippen LogP contribution in [0.25, 0.3) is 10.9 Å². The third kappa shape index (κ3) is 6.01. The van der Waals surface area contributed by atoms with Crippen LogP contribution in [-0.4, -0.2) is 72.9 Å². The van der Waals surface area contributed by atoms with E-state index in [0.29, 0.717) is 29.6 Å². The van der Waals surface area contributed by atoms with Gasteiger partial charge >= 0.3 is 0 Å². The van der Waals surface area contributed by atoms with Crippen molar-refractivity contribution in [3.63, 3.8) is 0 Å². The molecule has 1 fully saturated rings. The second-order valence-electron chi connectivity index (χ2n) is 9.64. The number of aromatic nitrogens is 2. The van der Waals surface area contributed by atoms with Crippen molar-refractivity contribution in [1.82, 2.24) is 19.8 Å². The lowest BCUT2D eigenvalue weighted by atomic mass is 10.2. The van der Waals surface area contributed by atoms with Crippen LogP contribution < -0.4 is 14.8 Å². The summed E-state index contributed by atoms with van der Waals surface area (Å²) in [4.78, 5) is 25.3. The molecule has 1 saturated heterocycles. The van der Waals surface area contributed by atoms with Gasteiger partial charge in [0.2, 0.25) is 0 Å². The lowest BCUT2D eigenvalue weighted by Crippen LogP contribution is -2.38. The van der Waals surface area contributed by atoms with Gasteiger partial charge in [0.1, 0.15) is 30.5 Å². The predicted octanol–water partition coefficient (Wildman–Crippen LogP) is 4.18. The van der Waals surface area contributed by atoms with Gasteiger partial charge in [-0.05, 0) is 42.8 Å². The zero-order valence-electron chi connectivity index (χ0n) is 22.0. The van der Waals surface area contributed by atoms with Crippen molar-refractivity contribution in [1.29, 1.82) is 0 Å². The van der Waals surface area contributed by atoms with Gasteiger partial charge in [-0.2, -0.15) is 5.10 Å². The highest BCUT2D eigenvalue weighted by Crippen LogP contribution is 2.32. The number of carbonyl (C=O) groups excluding carboxylic acids is 1. The molecule has 4 aromatic rings. The van der Waals surface area contributed by atoms with E-state index in [9.17, 15) is 32.1 Å². The molecule has 15 heteroatoms. The number of nitrogens with one attached hydrogen (secondary N) is 3. The highest BCUT2D eigenvalue weighted by atomic mass is 32.2. The number of fused-ring (bicyclic) bond motifs is 1. The first-order valence-corrected chi connectivity index (χ1v) is 14.4. The number of nitro groups is 1. The Labute approximate surface area is 238 Å². The fourth-order valence-electron chi connectivity index (χ4n) is 4.77. The standard InChI is InChI=1S/C27H26F2N6O6S/c28-13-18(14-29)34-11-10-17(16-34)31-23-9-8-19(12-24(23)35(37)38)42(39,40)33-27(36)20-4-1-2-6-25(20)41-26-7-3-5-22-21(26)15-30-32-22/h1-9,12,15,17-18,31H,10-11,13-14,16H2,(H,30,32)(H,33,36)/t17-/m1/s1. The third-order valence-electron chi connectivity index (χ3n) is 6.95. The van der Waals surface area contributed by atoms with Gasteiger partial charge in [-0.3, -0.25) is 24.9 Å². The molecule has 0 spiro atoms. The van der Waals surface area contributed by atoms with Crippen molar-refractivity contribution in [2.45, 2.75) is 23.4 Å². The number of anilines is 1. The minimum atomic E-state index is -4.54. The zero-order valence-corrected chi connectivity index (χ0v) is 22.8. The van der Waals surface area contributed by atoms with E-state index in [-0.39, 0.29) is 29.6 Å². The summed E-state index contributed by atoms with van der Waals surface area (Å²) < 4.78 is 60.3. The Morgan fingerprint density at radius 2 is 1.90 bits per heavy atom. The van der Waals surface area contributed by atoms with E-state index in [1.165, 1.54) is 24.3 Å². The maximum absolute atomic E-state index is 13.1. The van der Waals surface area contributed by atoms with Gasteiger partial charge in [-0.1, -0.05) is 18.2 Å². The summed E-state index contributed by atoms with van der Waals surface area (Å²) in [5, 5.41) is 22.2. The number of hydrogen-bond acceptors (Lipinski definition) is 9. The average molecular weight is 601 g/mol. The first kappa shape index (κ1) is 28.9. The fraction of sp³-hybridized carbons (Fsp3) is 0.259. The highest BCUT2D eigenvalue weighted by molar-refractivity contribution is 7.90.